The number of aliphatic hydroxyl groups excluding tert-OH is 1. The van der Waals surface area contributed by atoms with Crippen molar-refractivity contribution in [2.24, 2.45) is 0 Å². The van der Waals surface area contributed by atoms with Crippen LogP contribution in [0.1, 0.15) is 17.2 Å². The molecule has 1 unspecified atom stereocenters. The molecule has 88 valence electrons. The van der Waals surface area contributed by atoms with Crippen molar-refractivity contribution < 1.29 is 14.2 Å². The van der Waals surface area contributed by atoms with Crippen molar-refractivity contribution in [2.45, 2.75) is 6.10 Å². The van der Waals surface area contributed by atoms with Gasteiger partial charge < -0.3 is 9.84 Å². The topological polar surface area (TPSA) is 29.5 Å². The summed E-state index contributed by atoms with van der Waals surface area (Å²) < 4.78 is 18.1. The van der Waals surface area contributed by atoms with Crippen molar-refractivity contribution in [2.75, 3.05) is 7.11 Å². The first-order chi connectivity index (χ1) is 8.22. The zero-order valence-corrected chi connectivity index (χ0v) is 9.43. The van der Waals surface area contributed by atoms with Crippen LogP contribution in [0.25, 0.3) is 0 Å². The van der Waals surface area contributed by atoms with Gasteiger partial charge in [-0.25, -0.2) is 4.39 Å². The second-order valence-corrected chi connectivity index (χ2v) is 3.70. The zero-order valence-electron chi connectivity index (χ0n) is 9.43. The summed E-state index contributed by atoms with van der Waals surface area (Å²) >= 11 is 0. The minimum absolute atomic E-state index is 0.348. The van der Waals surface area contributed by atoms with Gasteiger partial charge >= 0.3 is 0 Å². The summed E-state index contributed by atoms with van der Waals surface area (Å²) in [5.74, 6) is -0.0350. The summed E-state index contributed by atoms with van der Waals surface area (Å²) in [4.78, 5) is 0. The fraction of sp³-hybridized carbons (Fsp3) is 0.143. The van der Waals surface area contributed by atoms with E-state index in [0.29, 0.717) is 11.3 Å². The first-order valence-corrected chi connectivity index (χ1v) is 5.29. The average Bonchev–Trinajstić information content (AvgIpc) is 2.39. The minimum atomic E-state index is -0.813. The van der Waals surface area contributed by atoms with Crippen molar-refractivity contribution in [1.82, 2.24) is 0 Å². The van der Waals surface area contributed by atoms with E-state index in [1.165, 1.54) is 25.3 Å². The van der Waals surface area contributed by atoms with Crippen LogP contribution >= 0.6 is 0 Å². The third-order valence-corrected chi connectivity index (χ3v) is 2.61. The molecule has 0 aliphatic heterocycles. The highest BCUT2D eigenvalue weighted by Crippen LogP contribution is 2.30. The molecule has 2 aromatic rings. The average molecular weight is 232 g/mol. The molecule has 0 bridgehead atoms. The number of benzene rings is 2. The van der Waals surface area contributed by atoms with Crippen molar-refractivity contribution in [3.63, 3.8) is 0 Å². The molecular formula is C14H13FO2. The van der Waals surface area contributed by atoms with Crippen LogP contribution in [-0.2, 0) is 0 Å². The van der Waals surface area contributed by atoms with Gasteiger partial charge in [0, 0.05) is 11.6 Å². The van der Waals surface area contributed by atoms with E-state index in [1.807, 2.05) is 30.3 Å². The molecule has 0 spiro atoms. The molecule has 2 aromatic carbocycles. The lowest BCUT2D eigenvalue weighted by atomic mass is 10.0. The van der Waals surface area contributed by atoms with Gasteiger partial charge in [-0.3, -0.25) is 0 Å². The Hall–Kier alpha value is -1.87. The quantitative estimate of drug-likeness (QED) is 0.881. The SMILES string of the molecule is COc1cc(F)ccc1C(O)c1ccccc1. The third kappa shape index (κ3) is 2.45. The molecule has 0 aromatic heterocycles. The zero-order chi connectivity index (χ0) is 12.3. The highest BCUT2D eigenvalue weighted by atomic mass is 19.1. The van der Waals surface area contributed by atoms with Gasteiger partial charge in [0.2, 0.25) is 0 Å². The van der Waals surface area contributed by atoms with Gasteiger partial charge in [0.05, 0.1) is 7.11 Å². The summed E-state index contributed by atoms with van der Waals surface area (Å²) in [5.41, 5.74) is 1.30. The Bertz CT molecular complexity index is 497. The van der Waals surface area contributed by atoms with E-state index in [0.717, 1.165) is 5.56 Å². The highest BCUT2D eigenvalue weighted by Gasteiger charge is 2.15. The number of halogens is 1. The maximum Gasteiger partial charge on any atom is 0.127 e. The molecule has 0 amide bonds. The van der Waals surface area contributed by atoms with E-state index in [1.54, 1.807) is 0 Å². The van der Waals surface area contributed by atoms with Gasteiger partial charge in [0.15, 0.2) is 0 Å². The van der Waals surface area contributed by atoms with Crippen LogP contribution < -0.4 is 4.74 Å². The molecule has 3 heteroatoms. The summed E-state index contributed by atoms with van der Waals surface area (Å²) in [7, 11) is 1.45. The van der Waals surface area contributed by atoms with E-state index in [9.17, 15) is 9.50 Å². The summed E-state index contributed by atoms with van der Waals surface area (Å²) in [6.45, 7) is 0. The lowest BCUT2D eigenvalue weighted by Gasteiger charge is -2.15. The highest BCUT2D eigenvalue weighted by molar-refractivity contribution is 5.40. The van der Waals surface area contributed by atoms with Gasteiger partial charge in [0.1, 0.15) is 17.7 Å². The second-order valence-electron chi connectivity index (χ2n) is 3.70. The number of hydrogen-bond acceptors (Lipinski definition) is 2. The maximum absolute atomic E-state index is 13.0. The molecule has 0 saturated carbocycles. The van der Waals surface area contributed by atoms with Gasteiger partial charge in [-0.1, -0.05) is 30.3 Å². The standard InChI is InChI=1S/C14H13FO2/c1-17-13-9-11(15)7-8-12(13)14(16)10-5-3-2-4-6-10/h2-9,14,16H,1H3. The first kappa shape index (κ1) is 11.6. The Morgan fingerprint density at radius 1 is 1.12 bits per heavy atom. The Morgan fingerprint density at radius 3 is 2.47 bits per heavy atom. The predicted octanol–water partition coefficient (Wildman–Crippen LogP) is 2.92. The lowest BCUT2D eigenvalue weighted by Crippen LogP contribution is -2.02. The van der Waals surface area contributed by atoms with Gasteiger partial charge in [-0.05, 0) is 17.7 Å². The first-order valence-electron chi connectivity index (χ1n) is 5.29. The van der Waals surface area contributed by atoms with Crippen LogP contribution in [0.5, 0.6) is 5.75 Å². The van der Waals surface area contributed by atoms with Gasteiger partial charge in [-0.15, -0.1) is 0 Å². The minimum Gasteiger partial charge on any atom is -0.496 e. The van der Waals surface area contributed by atoms with Gasteiger partial charge in [-0.2, -0.15) is 0 Å². The molecule has 1 N–H and O–H groups in total. The molecule has 0 saturated heterocycles. The van der Waals surface area contributed by atoms with Crippen LogP contribution in [0.2, 0.25) is 0 Å². The molecule has 0 aliphatic rings. The normalized spacial score (nSPS) is 12.2. The summed E-state index contributed by atoms with van der Waals surface area (Å²) in [5, 5.41) is 10.2. The lowest BCUT2D eigenvalue weighted by molar-refractivity contribution is 0.214. The largest absolute Gasteiger partial charge is 0.496 e. The fourth-order valence-corrected chi connectivity index (χ4v) is 1.73. The van der Waals surface area contributed by atoms with Crippen molar-refractivity contribution >= 4 is 0 Å². The van der Waals surface area contributed by atoms with E-state index >= 15 is 0 Å². The fourth-order valence-electron chi connectivity index (χ4n) is 1.73. The van der Waals surface area contributed by atoms with Crippen LogP contribution in [0, 0.1) is 5.82 Å². The molecule has 0 radical (unpaired) electrons. The van der Waals surface area contributed by atoms with Crippen molar-refractivity contribution in [3.8, 4) is 5.75 Å². The Labute approximate surface area is 99.3 Å². The number of methoxy groups -OCH3 is 1. The maximum atomic E-state index is 13.0. The molecule has 2 rings (SSSR count). The molecule has 0 aliphatic carbocycles. The smallest absolute Gasteiger partial charge is 0.127 e. The molecule has 2 nitrogen and oxygen atoms in total. The van der Waals surface area contributed by atoms with Crippen LogP contribution in [0.3, 0.4) is 0 Å². The predicted molar refractivity (Wildman–Crippen MR) is 63.5 cm³/mol. The van der Waals surface area contributed by atoms with E-state index in [4.69, 9.17) is 4.74 Å². The summed E-state index contributed by atoms with van der Waals surface area (Å²) in [6, 6.07) is 13.3. The number of aliphatic hydroxyl groups is 1. The van der Waals surface area contributed by atoms with Gasteiger partial charge in [0.25, 0.3) is 0 Å². The van der Waals surface area contributed by atoms with E-state index in [2.05, 4.69) is 0 Å². The van der Waals surface area contributed by atoms with Crippen LogP contribution in [0.4, 0.5) is 4.39 Å². The molecule has 0 heterocycles. The monoisotopic (exact) mass is 232 g/mol. The number of rotatable bonds is 3. The van der Waals surface area contributed by atoms with E-state index in [-0.39, 0.29) is 5.82 Å². The van der Waals surface area contributed by atoms with Crippen molar-refractivity contribution in [1.29, 1.82) is 0 Å². The molecule has 17 heavy (non-hydrogen) atoms. The Balaban J connectivity index is 2.40. The van der Waals surface area contributed by atoms with Crippen LogP contribution in [0.15, 0.2) is 48.5 Å². The van der Waals surface area contributed by atoms with E-state index < -0.39 is 6.10 Å². The number of ether oxygens (including phenoxy) is 1. The molecule has 1 atom stereocenters. The summed E-state index contributed by atoms with van der Waals surface area (Å²) in [6.07, 6.45) is -0.813. The Morgan fingerprint density at radius 2 is 1.82 bits per heavy atom. The number of hydrogen-bond donors (Lipinski definition) is 1. The third-order valence-electron chi connectivity index (χ3n) is 2.61. The Kier molecular flexibility index (Phi) is 3.40. The second kappa shape index (κ2) is 4.97. The van der Waals surface area contributed by atoms with Crippen LogP contribution in [-0.4, -0.2) is 12.2 Å². The van der Waals surface area contributed by atoms with Crippen molar-refractivity contribution in [3.05, 3.63) is 65.5 Å². The molecular weight excluding hydrogens is 219 g/mol. The molecule has 0 fully saturated rings.